The van der Waals surface area contributed by atoms with Crippen molar-refractivity contribution in [2.75, 3.05) is 0 Å². The Bertz CT molecular complexity index is 8.00. The van der Waals surface area contributed by atoms with Gasteiger partial charge in [0.25, 0.3) is 0 Å². The van der Waals surface area contributed by atoms with Gasteiger partial charge in [-0.15, -0.1) is 0 Å². The quantitative estimate of drug-likeness (QED) is 0.421. The normalized spacial score (nSPS) is 0. The van der Waals surface area contributed by atoms with Gasteiger partial charge in [-0.05, 0) is 0 Å². The second kappa shape index (κ2) is 16.0. The van der Waals surface area contributed by atoms with E-state index in [4.69, 9.17) is 0 Å². The predicted octanol–water partition coefficient (Wildman–Crippen LogP) is -2.37. The third-order valence-electron chi connectivity index (χ3n) is 0. The molecule has 0 amide bonds. The van der Waals surface area contributed by atoms with E-state index in [0.717, 1.165) is 0 Å². The minimum atomic E-state index is 0. The molecule has 0 nitrogen and oxygen atoms in total. The third kappa shape index (κ3) is 9.10. The van der Waals surface area contributed by atoms with Crippen LogP contribution in [0, 0.1) is 36.9 Å². The molecule has 0 N–H and O–H groups in total. The molecule has 0 aliphatic rings. The van der Waals surface area contributed by atoms with Gasteiger partial charge in [0.2, 0.25) is 0 Å². The van der Waals surface area contributed by atoms with Crippen LogP contribution in [0.2, 0.25) is 0 Å². The summed E-state index contributed by atoms with van der Waals surface area (Å²) in [6.07, 6.45) is 0. The molecule has 0 bridgehead atoms. The van der Waals surface area contributed by atoms with Gasteiger partial charge in [0.1, 0.15) is 0 Å². The van der Waals surface area contributed by atoms with Gasteiger partial charge >= 0.3 is 19.8 Å². The molecule has 30 valence electrons. The topological polar surface area (TPSA) is 0 Å². The molecule has 4 heavy (non-hydrogen) atoms. The minimum absolute atomic E-state index is 0. The zero-order valence-corrected chi connectivity index (χ0v) is 5.33. The van der Waals surface area contributed by atoms with Crippen LogP contribution in [0.5, 0.6) is 0 Å². The summed E-state index contributed by atoms with van der Waals surface area (Å²) in [5, 5.41) is 0. The predicted molar refractivity (Wildman–Crippen MR) is 19.9 cm³/mol. The Morgan fingerprint density at radius 2 is 1.00 bits per heavy atom. The maximum Gasteiger partial charge on any atom is 0 e. The van der Waals surface area contributed by atoms with Crippen molar-refractivity contribution in [3.63, 3.8) is 0 Å². The van der Waals surface area contributed by atoms with Gasteiger partial charge in [-0.3, -0.25) is 0 Å². The summed E-state index contributed by atoms with van der Waals surface area (Å²) in [5.74, 6) is 0. The summed E-state index contributed by atoms with van der Waals surface area (Å²) in [4.78, 5) is 0. The number of rotatable bonds is 0. The van der Waals surface area contributed by atoms with E-state index in [0.29, 0.717) is 0 Å². The van der Waals surface area contributed by atoms with E-state index in [1.807, 2.05) is 0 Å². The van der Waals surface area contributed by atoms with Crippen molar-refractivity contribution in [2.45, 2.75) is 0 Å². The zero-order chi connectivity index (χ0) is 0. The van der Waals surface area contributed by atoms with Gasteiger partial charge in [0, 0.05) is 69.6 Å². The van der Waals surface area contributed by atoms with Crippen molar-refractivity contribution in [1.82, 2.24) is 0 Å². The molecule has 0 aromatic heterocycles. The molecule has 0 aliphatic carbocycles. The fraction of sp³-hybridized carbons (Fsp3) is 0. The van der Waals surface area contributed by atoms with Crippen LogP contribution < -0.4 is 0 Å². The summed E-state index contributed by atoms with van der Waals surface area (Å²) in [7, 11) is 0. The summed E-state index contributed by atoms with van der Waals surface area (Å²) in [5.41, 5.74) is 0. The van der Waals surface area contributed by atoms with Gasteiger partial charge in [-0.1, -0.05) is 0 Å². The van der Waals surface area contributed by atoms with E-state index < -0.39 is 0 Å². The van der Waals surface area contributed by atoms with Crippen LogP contribution >= 0.6 is 0 Å². The van der Waals surface area contributed by atoms with Crippen molar-refractivity contribution in [3.8, 4) is 0 Å². The summed E-state index contributed by atoms with van der Waals surface area (Å²) in [6.45, 7) is 0. The Kier molecular flexibility index (Phi) is 104. The summed E-state index contributed by atoms with van der Waals surface area (Å²) in [6, 6.07) is 0. The Labute approximate surface area is 104 Å². The van der Waals surface area contributed by atoms with E-state index in [9.17, 15) is 0 Å². The maximum absolute atomic E-state index is 0. The molecule has 4 heteroatoms. The smallest absolute Gasteiger partial charge is 0 e. The van der Waals surface area contributed by atoms with Crippen LogP contribution in [0.1, 0.15) is 0 Å². The molecular weight excluding hydrogens is 361 g/mol. The molecule has 0 atom stereocenters. The SMILES string of the molecule is [AlH3].[GaH3].[Lu].[Y]. The summed E-state index contributed by atoms with van der Waals surface area (Å²) < 4.78 is 0. The van der Waals surface area contributed by atoms with Gasteiger partial charge < -0.3 is 0 Å². The Morgan fingerprint density at radius 3 is 1.00 bits per heavy atom. The standard InChI is InChI=1S/Al.Ga.Lu.Y.6H. The molecule has 0 aliphatic heterocycles. The van der Waals surface area contributed by atoms with E-state index in [1.165, 1.54) is 0 Å². The van der Waals surface area contributed by atoms with Crippen LogP contribution in [-0.4, -0.2) is 37.2 Å². The van der Waals surface area contributed by atoms with Crippen molar-refractivity contribution in [3.05, 3.63) is 0 Å². The molecule has 0 fully saturated rings. The third-order valence-corrected chi connectivity index (χ3v) is 0. The number of hydrogen-bond acceptors (Lipinski definition) is 0. The molecule has 0 saturated heterocycles. The monoisotopic (exact) mass is 366 g/mol. The van der Waals surface area contributed by atoms with E-state index >= 15 is 0 Å². The van der Waals surface area contributed by atoms with Crippen molar-refractivity contribution >= 4 is 37.2 Å². The zero-order valence-electron chi connectivity index (χ0n) is 0.836. The van der Waals surface area contributed by atoms with Gasteiger partial charge in [0.05, 0.1) is 0 Å². The minimum Gasteiger partial charge on any atom is 0 e. The largest absolute Gasteiger partial charge is 0 e. The first-order valence-electron chi connectivity index (χ1n) is 0. The average Bonchev–Trinajstić information content (AvgIpc) is 0. The first-order valence-corrected chi connectivity index (χ1v) is 0. The fourth-order valence-electron chi connectivity index (χ4n) is 0. The van der Waals surface area contributed by atoms with Gasteiger partial charge in [-0.2, -0.15) is 0 Å². The maximum atomic E-state index is 0. The van der Waals surface area contributed by atoms with Gasteiger partial charge in [0.15, 0.2) is 17.4 Å². The first-order chi connectivity index (χ1) is 0. The van der Waals surface area contributed by atoms with Crippen LogP contribution in [0.25, 0.3) is 0 Å². The second-order valence-corrected chi connectivity index (χ2v) is 0. The Balaban J connectivity index is 0. The van der Waals surface area contributed by atoms with Crippen LogP contribution in [0.3, 0.4) is 0 Å². The molecule has 0 aromatic carbocycles. The molecule has 0 aromatic rings. The van der Waals surface area contributed by atoms with Crippen LogP contribution in [-0.2, 0) is 32.7 Å². The molecular formula is H6AlGaLuY. The molecule has 2 radical (unpaired) electrons. The van der Waals surface area contributed by atoms with Crippen molar-refractivity contribution in [1.29, 1.82) is 0 Å². The van der Waals surface area contributed by atoms with E-state index in [1.54, 1.807) is 0 Å². The Hall–Kier alpha value is 3.51. The van der Waals surface area contributed by atoms with E-state index in [2.05, 4.69) is 0 Å². The fourth-order valence-corrected chi connectivity index (χ4v) is 0. The second-order valence-electron chi connectivity index (χ2n) is 0. The molecule has 0 heterocycles. The van der Waals surface area contributed by atoms with Crippen molar-refractivity contribution < 1.29 is 69.6 Å². The van der Waals surface area contributed by atoms with E-state index in [-0.39, 0.29) is 107 Å². The van der Waals surface area contributed by atoms with Gasteiger partial charge in [-0.25, -0.2) is 0 Å². The molecule has 0 spiro atoms. The van der Waals surface area contributed by atoms with Crippen LogP contribution in [0.15, 0.2) is 0 Å². The molecule has 0 rings (SSSR count). The Morgan fingerprint density at radius 1 is 1.00 bits per heavy atom. The summed E-state index contributed by atoms with van der Waals surface area (Å²) >= 11 is 0. The van der Waals surface area contributed by atoms with Crippen molar-refractivity contribution in [2.24, 2.45) is 0 Å². The number of hydrogen-bond donors (Lipinski definition) is 0. The average molecular weight is 367 g/mol. The molecule has 0 saturated carbocycles. The molecule has 0 unspecified atom stereocenters. The first kappa shape index (κ1) is 25.8. The van der Waals surface area contributed by atoms with Crippen LogP contribution in [0.4, 0.5) is 0 Å².